The van der Waals surface area contributed by atoms with Gasteiger partial charge in [0.1, 0.15) is 5.75 Å². The van der Waals surface area contributed by atoms with Crippen molar-refractivity contribution in [3.63, 3.8) is 0 Å². The molecule has 27 heavy (non-hydrogen) atoms. The van der Waals surface area contributed by atoms with Gasteiger partial charge in [0.25, 0.3) is 5.91 Å². The van der Waals surface area contributed by atoms with Crippen LogP contribution in [0.1, 0.15) is 29.8 Å². The molecule has 0 bridgehead atoms. The zero-order valence-electron chi connectivity index (χ0n) is 15.4. The predicted octanol–water partition coefficient (Wildman–Crippen LogP) is 2.76. The Balaban J connectivity index is 2.00. The summed E-state index contributed by atoms with van der Waals surface area (Å²) < 4.78 is 5.19. The van der Waals surface area contributed by atoms with Crippen molar-refractivity contribution in [1.82, 2.24) is 5.43 Å². The number of hydrogen-bond acceptors (Lipinski definition) is 5. The van der Waals surface area contributed by atoms with Crippen molar-refractivity contribution in [2.45, 2.75) is 13.8 Å². The number of para-hydroxylation sites is 1. The first kappa shape index (κ1) is 20.0. The molecule has 0 heterocycles. The summed E-state index contributed by atoms with van der Waals surface area (Å²) in [7, 11) is 0. The molecule has 7 heteroatoms. The summed E-state index contributed by atoms with van der Waals surface area (Å²) in [4.78, 5) is 25.0. The summed E-state index contributed by atoms with van der Waals surface area (Å²) in [5.74, 6) is -1.02. The Hall–Kier alpha value is -3.35. The van der Waals surface area contributed by atoms with Crippen molar-refractivity contribution in [3.8, 4) is 5.75 Å². The molecule has 1 amide bonds. The molecule has 0 aromatic heterocycles. The molecule has 0 atom stereocenters. The molecule has 0 radical (unpaired) electrons. The highest BCUT2D eigenvalue weighted by atomic mass is 16.5. The predicted molar refractivity (Wildman–Crippen MR) is 105 cm³/mol. The van der Waals surface area contributed by atoms with Crippen LogP contribution in [0.2, 0.25) is 0 Å². The van der Waals surface area contributed by atoms with Gasteiger partial charge in [-0.1, -0.05) is 12.1 Å². The topological polar surface area (TPSA) is 91.2 Å². The van der Waals surface area contributed by atoms with Crippen molar-refractivity contribution in [2.24, 2.45) is 5.10 Å². The third-order valence-corrected chi connectivity index (χ3v) is 3.90. The minimum Gasteiger partial charge on any atom is -0.481 e. The Morgan fingerprint density at radius 2 is 1.78 bits per heavy atom. The highest BCUT2D eigenvalue weighted by Gasteiger charge is 2.07. The van der Waals surface area contributed by atoms with E-state index in [1.165, 1.54) is 6.21 Å². The molecule has 0 unspecified atom stereocenters. The highest BCUT2D eigenvalue weighted by Crippen LogP contribution is 2.16. The van der Waals surface area contributed by atoms with E-state index in [4.69, 9.17) is 9.84 Å². The minimum atomic E-state index is -1.07. The van der Waals surface area contributed by atoms with Gasteiger partial charge in [-0.25, -0.2) is 10.2 Å². The smallest absolute Gasteiger partial charge is 0.341 e. The maximum atomic E-state index is 12.2. The molecule has 7 nitrogen and oxygen atoms in total. The van der Waals surface area contributed by atoms with Crippen molar-refractivity contribution >= 4 is 23.8 Å². The third kappa shape index (κ3) is 5.85. The van der Waals surface area contributed by atoms with Crippen LogP contribution < -0.4 is 15.1 Å². The van der Waals surface area contributed by atoms with E-state index in [-0.39, 0.29) is 5.91 Å². The summed E-state index contributed by atoms with van der Waals surface area (Å²) in [6, 6.07) is 14.2. The Bertz CT molecular complexity index is 799. The fourth-order valence-corrected chi connectivity index (χ4v) is 2.50. The number of rotatable bonds is 9. The molecular formula is C20H23N3O4. The lowest BCUT2D eigenvalue weighted by atomic mass is 10.2. The second kappa shape index (κ2) is 9.96. The quantitative estimate of drug-likeness (QED) is 0.524. The molecule has 142 valence electrons. The summed E-state index contributed by atoms with van der Waals surface area (Å²) >= 11 is 0. The van der Waals surface area contributed by atoms with E-state index in [2.05, 4.69) is 29.3 Å². The number of aliphatic carboxylic acids is 1. The van der Waals surface area contributed by atoms with Gasteiger partial charge in [0.2, 0.25) is 0 Å². The fraction of sp³-hybridized carbons (Fsp3) is 0.250. The molecule has 2 N–H and O–H groups in total. The zero-order valence-corrected chi connectivity index (χ0v) is 15.4. The van der Waals surface area contributed by atoms with Crippen LogP contribution in [-0.2, 0) is 4.79 Å². The van der Waals surface area contributed by atoms with Crippen LogP contribution in [0.4, 0.5) is 5.69 Å². The average Bonchev–Trinajstić information content (AvgIpc) is 2.68. The molecule has 0 spiro atoms. The second-order valence-corrected chi connectivity index (χ2v) is 5.64. The van der Waals surface area contributed by atoms with Gasteiger partial charge >= 0.3 is 5.97 Å². The molecule has 2 aromatic carbocycles. The molecule has 0 aliphatic rings. The van der Waals surface area contributed by atoms with Crippen LogP contribution >= 0.6 is 0 Å². The summed E-state index contributed by atoms with van der Waals surface area (Å²) in [6.45, 7) is 5.51. The van der Waals surface area contributed by atoms with Crippen molar-refractivity contribution < 1.29 is 19.4 Å². The van der Waals surface area contributed by atoms with Crippen LogP contribution in [0.25, 0.3) is 0 Å². The lowest BCUT2D eigenvalue weighted by molar-refractivity contribution is -0.139. The molecule has 0 aliphatic heterocycles. The molecule has 0 saturated heterocycles. The number of nitrogens with one attached hydrogen (secondary N) is 1. The molecule has 0 saturated carbocycles. The van der Waals surface area contributed by atoms with Crippen molar-refractivity contribution in [1.29, 1.82) is 0 Å². The van der Waals surface area contributed by atoms with E-state index in [9.17, 15) is 9.59 Å². The number of ether oxygens (including phenoxy) is 1. The Morgan fingerprint density at radius 1 is 1.11 bits per heavy atom. The number of nitrogens with zero attached hydrogens (tertiary/aromatic N) is 2. The van der Waals surface area contributed by atoms with E-state index < -0.39 is 12.6 Å². The van der Waals surface area contributed by atoms with Crippen LogP contribution in [-0.4, -0.2) is 42.9 Å². The number of amides is 1. The van der Waals surface area contributed by atoms with Gasteiger partial charge in [-0.2, -0.15) is 5.10 Å². The average molecular weight is 369 g/mol. The summed E-state index contributed by atoms with van der Waals surface area (Å²) in [5.41, 5.74) is 4.59. The maximum absolute atomic E-state index is 12.2. The van der Waals surface area contributed by atoms with Crippen molar-refractivity contribution in [2.75, 3.05) is 24.6 Å². The first-order valence-electron chi connectivity index (χ1n) is 8.67. The summed E-state index contributed by atoms with van der Waals surface area (Å²) in [5, 5.41) is 12.6. The van der Waals surface area contributed by atoms with Gasteiger partial charge in [0, 0.05) is 29.9 Å². The van der Waals surface area contributed by atoms with E-state index in [1.807, 2.05) is 12.1 Å². The Morgan fingerprint density at radius 3 is 2.41 bits per heavy atom. The molecule has 0 aliphatic carbocycles. The minimum absolute atomic E-state index is 0.332. The largest absolute Gasteiger partial charge is 0.481 e. The number of hydrogen-bond donors (Lipinski definition) is 2. The normalized spacial score (nSPS) is 10.6. The van der Waals surface area contributed by atoms with Crippen LogP contribution in [0, 0.1) is 0 Å². The molecule has 2 aromatic rings. The van der Waals surface area contributed by atoms with Gasteiger partial charge in [0.05, 0.1) is 6.21 Å². The van der Waals surface area contributed by atoms with Gasteiger partial charge in [-0.05, 0) is 50.2 Å². The molecular weight excluding hydrogens is 346 g/mol. The number of carboxylic acid groups (broad SMARTS) is 1. The maximum Gasteiger partial charge on any atom is 0.341 e. The number of carbonyl (C=O) groups is 2. The van der Waals surface area contributed by atoms with Crippen molar-refractivity contribution in [3.05, 3.63) is 59.7 Å². The molecule has 2 rings (SSSR count). The lowest BCUT2D eigenvalue weighted by Gasteiger charge is -2.20. The van der Waals surface area contributed by atoms with Crippen LogP contribution in [0.3, 0.4) is 0 Å². The van der Waals surface area contributed by atoms with E-state index >= 15 is 0 Å². The van der Waals surface area contributed by atoms with Gasteiger partial charge < -0.3 is 14.7 Å². The Labute approximate surface area is 158 Å². The highest BCUT2D eigenvalue weighted by molar-refractivity contribution is 5.95. The SMILES string of the molecule is CCN(CC)c1ccc(C(=O)N/N=C\c2ccccc2OCC(=O)O)cc1. The first-order chi connectivity index (χ1) is 13.0. The zero-order chi connectivity index (χ0) is 19.6. The number of carbonyl (C=O) groups excluding carboxylic acids is 1. The van der Waals surface area contributed by atoms with E-state index in [0.717, 1.165) is 18.8 Å². The van der Waals surface area contributed by atoms with Gasteiger partial charge in [0.15, 0.2) is 6.61 Å². The second-order valence-electron chi connectivity index (χ2n) is 5.64. The molecule has 0 fully saturated rings. The van der Waals surface area contributed by atoms with E-state index in [0.29, 0.717) is 16.9 Å². The van der Waals surface area contributed by atoms with Gasteiger partial charge in [-0.3, -0.25) is 4.79 Å². The number of anilines is 1. The van der Waals surface area contributed by atoms with Crippen LogP contribution in [0.5, 0.6) is 5.75 Å². The lowest BCUT2D eigenvalue weighted by Crippen LogP contribution is -2.22. The van der Waals surface area contributed by atoms with Crippen LogP contribution in [0.15, 0.2) is 53.6 Å². The summed E-state index contributed by atoms with van der Waals surface area (Å²) in [6.07, 6.45) is 1.42. The van der Waals surface area contributed by atoms with E-state index in [1.54, 1.807) is 36.4 Å². The monoisotopic (exact) mass is 369 g/mol. The third-order valence-electron chi connectivity index (χ3n) is 3.90. The fourth-order valence-electron chi connectivity index (χ4n) is 2.50. The van der Waals surface area contributed by atoms with Gasteiger partial charge in [-0.15, -0.1) is 0 Å². The standard InChI is InChI=1S/C20H23N3O4/c1-3-23(4-2)17-11-9-15(10-12-17)20(26)22-21-13-16-7-5-6-8-18(16)27-14-19(24)25/h5-13H,3-4,14H2,1-2H3,(H,22,26)(H,24,25)/b21-13-. The Kier molecular flexibility index (Phi) is 7.37. The number of benzene rings is 2. The first-order valence-corrected chi connectivity index (χ1v) is 8.67. The number of carboxylic acids is 1. The number of hydrazone groups is 1.